The number of carbonyl (C=O) groups is 1. The van der Waals surface area contributed by atoms with Crippen molar-refractivity contribution in [2.24, 2.45) is 0 Å². The molecule has 1 aromatic rings. The van der Waals surface area contributed by atoms with Gasteiger partial charge in [-0.3, -0.25) is 0 Å². The van der Waals surface area contributed by atoms with Crippen LogP contribution in [-0.2, 0) is 10.2 Å². The predicted octanol–water partition coefficient (Wildman–Crippen LogP) is 2.36. The average molecular weight is 236 g/mol. The van der Waals surface area contributed by atoms with Crippen LogP contribution in [0.15, 0.2) is 12.1 Å². The molecule has 1 N–H and O–H groups in total. The van der Waals surface area contributed by atoms with Crippen LogP contribution in [-0.4, -0.2) is 24.8 Å². The van der Waals surface area contributed by atoms with Crippen LogP contribution >= 0.6 is 0 Å². The number of hydrogen-bond donors (Lipinski definition) is 1. The molecule has 0 fully saturated rings. The highest BCUT2D eigenvalue weighted by Gasteiger charge is 2.24. The van der Waals surface area contributed by atoms with Gasteiger partial charge in [-0.15, -0.1) is 0 Å². The lowest BCUT2D eigenvalue weighted by Crippen LogP contribution is -2.24. The van der Waals surface area contributed by atoms with E-state index in [4.69, 9.17) is 4.74 Å². The van der Waals surface area contributed by atoms with Crippen molar-refractivity contribution in [3.8, 4) is 0 Å². The summed E-state index contributed by atoms with van der Waals surface area (Å²) in [6.07, 6.45) is 0. The van der Waals surface area contributed by atoms with Gasteiger partial charge in [0, 0.05) is 5.41 Å². The average Bonchev–Trinajstić information content (AvgIpc) is 2.31. The molecule has 17 heavy (non-hydrogen) atoms. The Labute approximate surface area is 102 Å². The molecule has 3 heteroatoms. The van der Waals surface area contributed by atoms with E-state index in [1.54, 1.807) is 0 Å². The first kappa shape index (κ1) is 13.7. The molecule has 1 aromatic carbocycles. The van der Waals surface area contributed by atoms with Gasteiger partial charge in [-0.1, -0.05) is 13.8 Å². The molecule has 0 saturated carbocycles. The van der Waals surface area contributed by atoms with Crippen molar-refractivity contribution in [2.75, 3.05) is 13.7 Å². The van der Waals surface area contributed by atoms with Crippen LogP contribution in [0, 0.1) is 13.8 Å². The molecule has 3 nitrogen and oxygen atoms in total. The molecule has 94 valence electrons. The van der Waals surface area contributed by atoms with E-state index in [1.807, 2.05) is 39.8 Å². The van der Waals surface area contributed by atoms with Gasteiger partial charge >= 0.3 is 5.97 Å². The topological polar surface area (TPSA) is 46.5 Å². The molecular weight excluding hydrogens is 216 g/mol. The summed E-state index contributed by atoms with van der Waals surface area (Å²) in [4.78, 5) is 11.6. The van der Waals surface area contributed by atoms with Crippen LogP contribution in [0.4, 0.5) is 0 Å². The van der Waals surface area contributed by atoms with Crippen LogP contribution in [0.25, 0.3) is 0 Å². The molecule has 0 atom stereocenters. The Kier molecular flexibility index (Phi) is 3.94. The molecule has 0 aliphatic heterocycles. The van der Waals surface area contributed by atoms with Gasteiger partial charge in [-0.05, 0) is 42.7 Å². The molecule has 0 aliphatic carbocycles. The first-order valence-corrected chi connectivity index (χ1v) is 5.64. The Morgan fingerprint density at radius 2 is 1.94 bits per heavy atom. The first-order chi connectivity index (χ1) is 7.83. The van der Waals surface area contributed by atoms with E-state index >= 15 is 0 Å². The van der Waals surface area contributed by atoms with Crippen LogP contribution in [0.3, 0.4) is 0 Å². The second kappa shape index (κ2) is 4.88. The highest BCUT2D eigenvalue weighted by Crippen LogP contribution is 2.29. The molecule has 0 aromatic heterocycles. The third-order valence-electron chi connectivity index (χ3n) is 3.21. The Bertz CT molecular complexity index is 433. The molecule has 0 spiro atoms. The standard InChI is InChI=1S/C14H20O3/c1-9-6-11(13(16)17-5)7-12(10(9)2)14(3,4)8-15/h6-7,15H,8H2,1-5H3. The Morgan fingerprint density at radius 1 is 1.35 bits per heavy atom. The minimum absolute atomic E-state index is 0.0396. The highest BCUT2D eigenvalue weighted by molar-refractivity contribution is 5.90. The smallest absolute Gasteiger partial charge is 0.337 e. The van der Waals surface area contributed by atoms with E-state index in [9.17, 15) is 9.90 Å². The maximum atomic E-state index is 11.6. The second-order valence-corrected chi connectivity index (χ2v) is 5.00. The summed E-state index contributed by atoms with van der Waals surface area (Å²) in [5, 5.41) is 9.43. The van der Waals surface area contributed by atoms with E-state index in [-0.39, 0.29) is 18.0 Å². The minimum Gasteiger partial charge on any atom is -0.465 e. The zero-order valence-corrected chi connectivity index (χ0v) is 11.1. The lowest BCUT2D eigenvalue weighted by atomic mass is 9.80. The van der Waals surface area contributed by atoms with Crippen molar-refractivity contribution in [3.63, 3.8) is 0 Å². The summed E-state index contributed by atoms with van der Waals surface area (Å²) < 4.78 is 4.73. The normalized spacial score (nSPS) is 11.4. The second-order valence-electron chi connectivity index (χ2n) is 5.00. The molecule has 0 heterocycles. The van der Waals surface area contributed by atoms with E-state index in [0.717, 1.165) is 16.7 Å². The molecule has 0 radical (unpaired) electrons. The van der Waals surface area contributed by atoms with Crippen molar-refractivity contribution >= 4 is 5.97 Å². The fourth-order valence-electron chi connectivity index (χ4n) is 1.88. The lowest BCUT2D eigenvalue weighted by molar-refractivity contribution is 0.0600. The Morgan fingerprint density at radius 3 is 2.41 bits per heavy atom. The van der Waals surface area contributed by atoms with E-state index in [1.165, 1.54) is 7.11 Å². The van der Waals surface area contributed by atoms with Crippen LogP contribution < -0.4 is 0 Å². The van der Waals surface area contributed by atoms with Gasteiger partial charge < -0.3 is 9.84 Å². The number of aliphatic hydroxyl groups is 1. The summed E-state index contributed by atoms with van der Waals surface area (Å²) in [6.45, 7) is 7.91. The quantitative estimate of drug-likeness (QED) is 0.819. The molecule has 1 rings (SSSR count). The number of aliphatic hydroxyl groups excluding tert-OH is 1. The molecular formula is C14H20O3. The molecule has 0 saturated heterocycles. The number of methoxy groups -OCH3 is 1. The summed E-state index contributed by atoms with van der Waals surface area (Å²) >= 11 is 0. The molecule has 0 aliphatic rings. The van der Waals surface area contributed by atoms with Gasteiger partial charge in [-0.25, -0.2) is 4.79 Å². The van der Waals surface area contributed by atoms with Gasteiger partial charge in [-0.2, -0.15) is 0 Å². The van der Waals surface area contributed by atoms with Crippen molar-refractivity contribution < 1.29 is 14.6 Å². The third-order valence-corrected chi connectivity index (χ3v) is 3.21. The van der Waals surface area contributed by atoms with Gasteiger partial charge in [0.25, 0.3) is 0 Å². The van der Waals surface area contributed by atoms with E-state index in [0.29, 0.717) is 5.56 Å². The fraction of sp³-hybridized carbons (Fsp3) is 0.500. The lowest BCUT2D eigenvalue weighted by Gasteiger charge is -2.26. The molecule has 0 amide bonds. The molecule has 0 unspecified atom stereocenters. The van der Waals surface area contributed by atoms with Crippen molar-refractivity contribution in [3.05, 3.63) is 34.4 Å². The van der Waals surface area contributed by atoms with Crippen molar-refractivity contribution in [1.29, 1.82) is 0 Å². The predicted molar refractivity (Wildman–Crippen MR) is 67.4 cm³/mol. The summed E-state index contributed by atoms with van der Waals surface area (Å²) in [7, 11) is 1.37. The van der Waals surface area contributed by atoms with Crippen LogP contribution in [0.1, 0.15) is 40.9 Å². The summed E-state index contributed by atoms with van der Waals surface area (Å²) in [5.41, 5.74) is 3.30. The first-order valence-electron chi connectivity index (χ1n) is 5.64. The highest BCUT2D eigenvalue weighted by atomic mass is 16.5. The Balaban J connectivity index is 3.40. The van der Waals surface area contributed by atoms with Gasteiger partial charge in [0.15, 0.2) is 0 Å². The maximum absolute atomic E-state index is 11.6. The van der Waals surface area contributed by atoms with E-state index < -0.39 is 0 Å². The zero-order valence-electron chi connectivity index (χ0n) is 11.1. The van der Waals surface area contributed by atoms with Crippen LogP contribution in [0.5, 0.6) is 0 Å². The van der Waals surface area contributed by atoms with Gasteiger partial charge in [0.2, 0.25) is 0 Å². The largest absolute Gasteiger partial charge is 0.465 e. The SMILES string of the molecule is COC(=O)c1cc(C)c(C)c(C(C)(C)CO)c1. The minimum atomic E-state index is -0.362. The van der Waals surface area contributed by atoms with Crippen molar-refractivity contribution in [2.45, 2.75) is 33.1 Å². The van der Waals surface area contributed by atoms with Crippen molar-refractivity contribution in [1.82, 2.24) is 0 Å². The van der Waals surface area contributed by atoms with Gasteiger partial charge in [0.1, 0.15) is 0 Å². The number of rotatable bonds is 3. The maximum Gasteiger partial charge on any atom is 0.337 e. The number of ether oxygens (including phenoxy) is 1. The third kappa shape index (κ3) is 2.67. The zero-order chi connectivity index (χ0) is 13.2. The summed E-state index contributed by atoms with van der Waals surface area (Å²) in [5.74, 6) is -0.344. The number of esters is 1. The molecule has 0 bridgehead atoms. The fourth-order valence-corrected chi connectivity index (χ4v) is 1.88. The Hall–Kier alpha value is -1.35. The van der Waals surface area contributed by atoms with Gasteiger partial charge in [0.05, 0.1) is 19.3 Å². The number of benzene rings is 1. The number of hydrogen-bond acceptors (Lipinski definition) is 3. The van der Waals surface area contributed by atoms with Crippen LogP contribution in [0.2, 0.25) is 0 Å². The number of carbonyl (C=O) groups excluding carboxylic acids is 1. The number of aryl methyl sites for hydroxylation is 1. The van der Waals surface area contributed by atoms with E-state index in [2.05, 4.69) is 0 Å². The summed E-state index contributed by atoms with van der Waals surface area (Å²) in [6, 6.07) is 3.63. The monoisotopic (exact) mass is 236 g/mol.